The molecular weight excluding hydrogens is 250 g/mol. The van der Waals surface area contributed by atoms with Crippen LogP contribution in [0.1, 0.15) is 8.30 Å². The molecule has 0 unspecified atom stereocenters. The molecule has 1 aromatic rings. The van der Waals surface area contributed by atoms with Crippen LogP contribution in [0.4, 0.5) is 0 Å². The number of phenols is 3. The minimum absolute atomic E-state index is 0.254. The van der Waals surface area contributed by atoms with Gasteiger partial charge in [-0.1, -0.05) is 6.07 Å². The third-order valence-corrected chi connectivity index (χ3v) is 1.52. The number of carboxylic acids is 2. The van der Waals surface area contributed by atoms with Crippen LogP contribution < -0.4 is 11.3 Å². The Kier molecular flexibility index (Phi) is 4.60. The molecule has 18 heavy (non-hydrogen) atoms. The van der Waals surface area contributed by atoms with Gasteiger partial charge in [0, 0.05) is 14.8 Å². The first-order chi connectivity index (χ1) is 9.04. The van der Waals surface area contributed by atoms with Crippen LogP contribution in [0.5, 0.6) is 17.2 Å². The highest BCUT2D eigenvalue weighted by Gasteiger charge is 2.09. The summed E-state index contributed by atoms with van der Waals surface area (Å²) in [5.41, 5.74) is 1.57. The Balaban J connectivity index is 0.000000511. The zero-order valence-corrected chi connectivity index (χ0v) is 8.78. The van der Waals surface area contributed by atoms with Gasteiger partial charge in [0.2, 0.25) is 5.75 Å². The summed E-state index contributed by atoms with van der Waals surface area (Å²) in [5.74, 6) is -0.781. The van der Waals surface area contributed by atoms with E-state index in [1.807, 2.05) is 5.43 Å². The van der Waals surface area contributed by atoms with Gasteiger partial charge in [0.1, 0.15) is 0 Å². The third-order valence-electron chi connectivity index (χ3n) is 1.52. The van der Waals surface area contributed by atoms with Crippen molar-refractivity contribution >= 4 is 11.9 Å². The first kappa shape index (κ1) is 12.0. The Morgan fingerprint density at radius 1 is 1.17 bits per heavy atom. The predicted molar refractivity (Wildman–Crippen MR) is 57.7 cm³/mol. The maximum atomic E-state index is 9.30. The Bertz CT molecular complexity index is 509. The molecule has 0 fully saturated rings. The first-order valence-electron chi connectivity index (χ1n) is 5.23. The van der Waals surface area contributed by atoms with Crippen molar-refractivity contribution in [3.63, 3.8) is 0 Å². The van der Waals surface area contributed by atoms with Crippen molar-refractivity contribution in [1.82, 2.24) is 5.43 Å². The van der Waals surface area contributed by atoms with Crippen molar-refractivity contribution in [2.24, 2.45) is 5.84 Å². The zero-order chi connectivity index (χ0) is 16.1. The van der Waals surface area contributed by atoms with Crippen molar-refractivity contribution in [2.75, 3.05) is 0 Å². The van der Waals surface area contributed by atoms with E-state index in [9.17, 15) is 5.11 Å². The van der Waals surface area contributed by atoms with E-state index in [-0.39, 0.29) is 5.56 Å². The predicted octanol–water partition coefficient (Wildman–Crippen LogP) is -1.08. The van der Waals surface area contributed by atoms with Gasteiger partial charge in [-0.15, -0.1) is 0 Å². The fourth-order valence-corrected chi connectivity index (χ4v) is 0.748. The molecule has 9 heteroatoms. The van der Waals surface area contributed by atoms with E-state index in [0.29, 0.717) is 0 Å². The van der Waals surface area contributed by atoms with Gasteiger partial charge in [0.05, 0.1) is 0 Å². The van der Waals surface area contributed by atoms with Gasteiger partial charge in [-0.05, 0) is 6.07 Å². The standard InChI is InChI=1S/C7H10N2O3.C2H2O4/c8-9-3-4-1-2-5(10)7(12)6(4)11;3-1(4)2(5)6/h1-2,9-12H,3,8H2;(H,3,4)(H,5,6)/i3D2,8+1,9+1;. The lowest BCUT2D eigenvalue weighted by Crippen LogP contribution is -2.20. The largest absolute Gasteiger partial charge is 0.504 e. The minimum Gasteiger partial charge on any atom is -0.504 e. The van der Waals surface area contributed by atoms with Gasteiger partial charge in [-0.25, -0.2) is 9.59 Å². The molecule has 1 rings (SSSR count). The molecule has 1 aromatic carbocycles. The van der Waals surface area contributed by atoms with Crippen LogP contribution in [0.3, 0.4) is 0 Å². The molecule has 0 aliphatic rings. The smallest absolute Gasteiger partial charge is 0.414 e. The molecule has 0 saturated carbocycles. The molecule has 0 aromatic heterocycles. The summed E-state index contributed by atoms with van der Waals surface area (Å²) in [6.07, 6.45) is 0. The van der Waals surface area contributed by atoms with Crippen LogP contribution in [0, 0.1) is 0 Å². The molecule has 9 nitrogen and oxygen atoms in total. The molecule has 0 amide bonds. The highest BCUT2D eigenvalue weighted by Crippen LogP contribution is 2.36. The maximum absolute atomic E-state index is 9.30. The molecule has 100 valence electrons. The van der Waals surface area contributed by atoms with E-state index in [1.165, 1.54) is 0 Å². The lowest BCUT2D eigenvalue weighted by atomic mass is 10.2. The average molecular weight is 264 g/mol. The fourth-order valence-electron chi connectivity index (χ4n) is 0.748. The van der Waals surface area contributed by atoms with Crippen LogP contribution in [0.15, 0.2) is 12.1 Å². The van der Waals surface area contributed by atoms with Crippen LogP contribution >= 0.6 is 0 Å². The molecule has 0 heterocycles. The van der Waals surface area contributed by atoms with Crippen LogP contribution in [0.25, 0.3) is 0 Å². The zero-order valence-electron chi connectivity index (χ0n) is 10.8. The third kappa shape index (κ3) is 4.55. The summed E-state index contributed by atoms with van der Waals surface area (Å²) < 4.78 is 14.6. The molecule has 0 saturated heterocycles. The van der Waals surface area contributed by atoms with Gasteiger partial charge >= 0.3 is 11.9 Å². The molecule has 0 atom stereocenters. The number of nitrogens with one attached hydrogen (secondary N) is 1. The lowest BCUT2D eigenvalue weighted by Gasteiger charge is -2.05. The Labute approximate surface area is 103 Å². The topological polar surface area (TPSA) is 173 Å². The summed E-state index contributed by atoms with van der Waals surface area (Å²) in [6.45, 7) is -2.19. The second-order valence-electron chi connectivity index (χ2n) is 2.71. The van der Waals surface area contributed by atoms with Crippen molar-refractivity contribution in [3.8, 4) is 17.2 Å². The van der Waals surface area contributed by atoms with Crippen LogP contribution in [-0.2, 0) is 16.1 Å². The molecule has 0 aliphatic heterocycles. The van der Waals surface area contributed by atoms with E-state index in [1.54, 1.807) is 0 Å². The average Bonchev–Trinajstić information content (AvgIpc) is 2.36. The van der Waals surface area contributed by atoms with Crippen molar-refractivity contribution in [2.45, 2.75) is 6.50 Å². The van der Waals surface area contributed by atoms with Crippen molar-refractivity contribution in [1.29, 1.82) is 0 Å². The second kappa shape index (κ2) is 6.93. The summed E-state index contributed by atoms with van der Waals surface area (Å²) in [4.78, 5) is 18.2. The number of aliphatic carboxylic acids is 2. The highest BCUT2D eigenvalue weighted by atomic mass is 16.4. The quantitative estimate of drug-likeness (QED) is 0.115. The minimum atomic E-state index is -2.19. The van der Waals surface area contributed by atoms with Crippen LogP contribution in [0.2, 0.25) is 0 Å². The summed E-state index contributed by atoms with van der Waals surface area (Å²) in [5, 5.41) is 42.2. The molecule has 0 bridgehead atoms. The number of benzene rings is 1. The van der Waals surface area contributed by atoms with E-state index in [0.717, 1.165) is 12.1 Å². The number of hydrogen-bond acceptors (Lipinski definition) is 7. The van der Waals surface area contributed by atoms with Gasteiger partial charge in [-0.2, -0.15) is 0 Å². The molecular formula is C9H12N2O7. The van der Waals surface area contributed by atoms with E-state index < -0.39 is 35.7 Å². The van der Waals surface area contributed by atoms with Gasteiger partial charge in [0.15, 0.2) is 11.5 Å². The number of hydrogen-bond donors (Lipinski definition) is 7. The number of hydrazine groups is 1. The summed E-state index contributed by atoms with van der Waals surface area (Å²) in [7, 11) is 0. The van der Waals surface area contributed by atoms with E-state index in [4.69, 9.17) is 38.6 Å². The molecule has 0 spiro atoms. The SMILES string of the molecule is O=C(O)C(=O)O.[2H]C([2H])([15NH][15NH2])c1ccc(O)c(O)c1O. The molecule has 0 aliphatic carbocycles. The number of nitrogens with two attached hydrogens (primary N) is 1. The second-order valence-corrected chi connectivity index (χ2v) is 2.71. The number of phenolic OH excluding ortho intramolecular Hbond substituents is 3. The Morgan fingerprint density at radius 2 is 1.67 bits per heavy atom. The number of carboxylic acid groups (broad SMARTS) is 2. The van der Waals surface area contributed by atoms with Crippen LogP contribution in [-0.4, -0.2) is 37.5 Å². The van der Waals surface area contributed by atoms with Gasteiger partial charge < -0.3 is 25.5 Å². The Hall–Kier alpha value is -2.52. The number of carbonyl (C=O) groups is 2. The van der Waals surface area contributed by atoms with Crippen molar-refractivity contribution < 1.29 is 37.9 Å². The van der Waals surface area contributed by atoms with E-state index in [2.05, 4.69) is 0 Å². The van der Waals surface area contributed by atoms with Crippen molar-refractivity contribution in [3.05, 3.63) is 17.7 Å². The number of aromatic hydroxyl groups is 3. The molecule has 0 radical (unpaired) electrons. The monoisotopic (exact) mass is 264 g/mol. The first-order valence-corrected chi connectivity index (χ1v) is 4.23. The van der Waals surface area contributed by atoms with E-state index >= 15 is 0 Å². The maximum Gasteiger partial charge on any atom is 0.414 e. The lowest BCUT2D eigenvalue weighted by molar-refractivity contribution is -0.159. The summed E-state index contributed by atoms with van der Waals surface area (Å²) in [6, 6.07) is 2.17. The normalized spacial score (nSPS) is 11.6. The highest BCUT2D eigenvalue weighted by molar-refractivity contribution is 6.27. The van der Waals surface area contributed by atoms with Gasteiger partial charge in [0.25, 0.3) is 0 Å². The van der Waals surface area contributed by atoms with Gasteiger partial charge in [-0.3, -0.25) is 11.3 Å². The number of rotatable bonds is 2. The molecule has 8 N–H and O–H groups in total. The fraction of sp³-hybridized carbons (Fsp3) is 0.111. The summed E-state index contributed by atoms with van der Waals surface area (Å²) >= 11 is 0. The Morgan fingerprint density at radius 3 is 2.06 bits per heavy atom.